The third-order valence-electron chi connectivity index (χ3n) is 2.60. The number of nitrogens with zero attached hydrogens (tertiary/aromatic N) is 1. The summed E-state index contributed by atoms with van der Waals surface area (Å²) in [5, 5.41) is 4.19. The Labute approximate surface area is 120 Å². The van der Waals surface area contributed by atoms with Crippen LogP contribution in [-0.4, -0.2) is 12.0 Å². The lowest BCUT2D eigenvalue weighted by Gasteiger charge is -2.07. The minimum absolute atomic E-state index is 0.910. The molecule has 0 unspecified atom stereocenters. The first-order valence-corrected chi connectivity index (χ1v) is 7.33. The number of hydrogen-bond acceptors (Lipinski definition) is 3. The summed E-state index contributed by atoms with van der Waals surface area (Å²) in [6.45, 7) is 3.05. The summed E-state index contributed by atoms with van der Waals surface area (Å²) in [4.78, 5) is 5.59. The minimum atomic E-state index is 0.910. The van der Waals surface area contributed by atoms with E-state index in [1.54, 1.807) is 11.8 Å². The van der Waals surface area contributed by atoms with Gasteiger partial charge in [0, 0.05) is 22.1 Å². The molecule has 1 N–H and O–H groups in total. The van der Waals surface area contributed by atoms with E-state index in [9.17, 15) is 0 Å². The number of hydrogen-bond donors (Lipinski definition) is 1. The lowest BCUT2D eigenvalue weighted by Crippen LogP contribution is -2.06. The zero-order valence-corrected chi connectivity index (χ0v) is 12.8. The van der Waals surface area contributed by atoms with Gasteiger partial charge in [-0.2, -0.15) is 0 Å². The van der Waals surface area contributed by atoms with Crippen molar-refractivity contribution in [1.82, 2.24) is 10.3 Å². The van der Waals surface area contributed by atoms with Crippen LogP contribution in [0, 0.1) is 6.92 Å². The highest BCUT2D eigenvalue weighted by Crippen LogP contribution is 2.28. The predicted octanol–water partition coefficient (Wildman–Crippen LogP) is 4.02. The molecule has 0 amide bonds. The van der Waals surface area contributed by atoms with Gasteiger partial charge in [-0.3, -0.25) is 0 Å². The molecule has 0 bridgehead atoms. The third kappa shape index (κ3) is 3.57. The van der Waals surface area contributed by atoms with E-state index in [0.717, 1.165) is 16.0 Å². The number of aryl methyl sites for hydroxylation is 1. The number of aromatic nitrogens is 1. The Morgan fingerprint density at radius 1 is 1.28 bits per heavy atom. The van der Waals surface area contributed by atoms with Crippen LogP contribution in [0.5, 0.6) is 0 Å². The fraction of sp³-hybridized carbons (Fsp3) is 0.214. The quantitative estimate of drug-likeness (QED) is 0.920. The molecule has 18 heavy (non-hydrogen) atoms. The van der Waals surface area contributed by atoms with Gasteiger partial charge in [0.25, 0.3) is 0 Å². The number of pyridine rings is 1. The summed E-state index contributed by atoms with van der Waals surface area (Å²) < 4.78 is 1.01. The van der Waals surface area contributed by atoms with Crippen LogP contribution in [0.25, 0.3) is 0 Å². The molecule has 0 radical (unpaired) electrons. The second kappa shape index (κ2) is 6.36. The van der Waals surface area contributed by atoms with E-state index in [4.69, 9.17) is 0 Å². The molecule has 0 saturated heterocycles. The zero-order valence-electron chi connectivity index (χ0n) is 10.4. The van der Waals surface area contributed by atoms with Crippen molar-refractivity contribution < 1.29 is 0 Å². The van der Waals surface area contributed by atoms with Gasteiger partial charge in [-0.05, 0) is 65.3 Å². The van der Waals surface area contributed by atoms with Crippen LogP contribution in [0.2, 0.25) is 0 Å². The van der Waals surface area contributed by atoms with Gasteiger partial charge < -0.3 is 5.32 Å². The van der Waals surface area contributed by atoms with E-state index in [1.807, 2.05) is 25.4 Å². The van der Waals surface area contributed by atoms with Crippen LogP contribution in [-0.2, 0) is 6.54 Å². The monoisotopic (exact) mass is 322 g/mol. The van der Waals surface area contributed by atoms with Crippen molar-refractivity contribution in [2.75, 3.05) is 7.05 Å². The molecule has 2 rings (SSSR count). The van der Waals surface area contributed by atoms with Crippen LogP contribution in [0.4, 0.5) is 0 Å². The van der Waals surface area contributed by atoms with Crippen molar-refractivity contribution in [1.29, 1.82) is 0 Å². The lowest BCUT2D eigenvalue weighted by atomic mass is 10.1. The van der Waals surface area contributed by atoms with Crippen molar-refractivity contribution in [2.45, 2.75) is 23.4 Å². The highest BCUT2D eigenvalue weighted by Gasteiger charge is 2.02. The number of halogens is 1. The molecule has 2 aromatic rings. The van der Waals surface area contributed by atoms with E-state index < -0.39 is 0 Å². The Morgan fingerprint density at radius 2 is 2.11 bits per heavy atom. The highest BCUT2D eigenvalue weighted by molar-refractivity contribution is 9.10. The second-order valence-corrected chi connectivity index (χ2v) is 6.04. The minimum Gasteiger partial charge on any atom is -0.316 e. The number of rotatable bonds is 4. The van der Waals surface area contributed by atoms with Crippen LogP contribution in [0.3, 0.4) is 0 Å². The van der Waals surface area contributed by atoms with Gasteiger partial charge in [0.15, 0.2) is 0 Å². The van der Waals surface area contributed by atoms with Gasteiger partial charge in [-0.25, -0.2) is 4.98 Å². The maximum Gasteiger partial charge on any atom is 0.101 e. The maximum absolute atomic E-state index is 4.37. The van der Waals surface area contributed by atoms with Crippen molar-refractivity contribution in [2.24, 2.45) is 0 Å². The molecule has 1 aromatic carbocycles. The van der Waals surface area contributed by atoms with Gasteiger partial charge in [-0.1, -0.05) is 17.8 Å². The highest BCUT2D eigenvalue weighted by atomic mass is 79.9. The summed E-state index contributed by atoms with van der Waals surface area (Å²) in [7, 11) is 1.97. The molecule has 0 aliphatic rings. The normalized spacial score (nSPS) is 10.6. The average molecular weight is 323 g/mol. The zero-order chi connectivity index (χ0) is 13.0. The smallest absolute Gasteiger partial charge is 0.101 e. The van der Waals surface area contributed by atoms with Gasteiger partial charge in [0.2, 0.25) is 0 Å². The Morgan fingerprint density at radius 3 is 2.72 bits per heavy atom. The van der Waals surface area contributed by atoms with Crippen molar-refractivity contribution in [3.05, 3.63) is 52.1 Å². The molecule has 1 heterocycles. The molecular formula is C14H15BrN2S. The van der Waals surface area contributed by atoms with E-state index in [0.29, 0.717) is 0 Å². The van der Waals surface area contributed by atoms with E-state index in [-0.39, 0.29) is 0 Å². The molecule has 0 aliphatic carbocycles. The molecule has 0 aliphatic heterocycles. The Kier molecular flexibility index (Phi) is 4.80. The molecule has 1 aromatic heterocycles. The molecular weight excluding hydrogens is 308 g/mol. The maximum atomic E-state index is 4.37. The first-order valence-electron chi connectivity index (χ1n) is 5.72. The fourth-order valence-corrected chi connectivity index (χ4v) is 2.75. The Balaban J connectivity index is 2.14. The summed E-state index contributed by atoms with van der Waals surface area (Å²) in [5.41, 5.74) is 2.65. The Hall–Kier alpha value is -0.840. The van der Waals surface area contributed by atoms with Crippen molar-refractivity contribution in [3.63, 3.8) is 0 Å². The SMILES string of the molecule is CNCc1ccc(Sc2ccc(Br)cn2)cc1C. The first kappa shape index (κ1) is 13.6. The molecule has 4 heteroatoms. The summed E-state index contributed by atoms with van der Waals surface area (Å²) in [6, 6.07) is 10.6. The largest absolute Gasteiger partial charge is 0.316 e. The number of nitrogens with one attached hydrogen (secondary N) is 1. The van der Waals surface area contributed by atoms with E-state index >= 15 is 0 Å². The lowest BCUT2D eigenvalue weighted by molar-refractivity contribution is 0.811. The molecule has 94 valence electrons. The molecule has 0 saturated carbocycles. The first-order chi connectivity index (χ1) is 8.69. The van der Waals surface area contributed by atoms with Gasteiger partial charge in [0.1, 0.15) is 5.03 Å². The Bertz CT molecular complexity index is 526. The predicted molar refractivity (Wildman–Crippen MR) is 80.0 cm³/mol. The molecule has 2 nitrogen and oxygen atoms in total. The second-order valence-electron chi connectivity index (χ2n) is 4.04. The van der Waals surface area contributed by atoms with Crippen LogP contribution >= 0.6 is 27.7 Å². The summed E-state index contributed by atoms with van der Waals surface area (Å²) in [6.07, 6.45) is 1.82. The fourth-order valence-electron chi connectivity index (χ4n) is 1.66. The van der Waals surface area contributed by atoms with Gasteiger partial charge in [-0.15, -0.1) is 0 Å². The van der Waals surface area contributed by atoms with Crippen LogP contribution < -0.4 is 5.32 Å². The van der Waals surface area contributed by atoms with E-state index in [1.165, 1.54) is 16.0 Å². The van der Waals surface area contributed by atoms with Gasteiger partial charge in [0.05, 0.1) is 0 Å². The van der Waals surface area contributed by atoms with Crippen molar-refractivity contribution in [3.8, 4) is 0 Å². The summed E-state index contributed by atoms with van der Waals surface area (Å²) in [5.74, 6) is 0. The molecule has 0 spiro atoms. The average Bonchev–Trinajstić information content (AvgIpc) is 2.36. The van der Waals surface area contributed by atoms with Crippen LogP contribution in [0.15, 0.2) is 50.9 Å². The topological polar surface area (TPSA) is 24.9 Å². The molecule has 0 atom stereocenters. The number of benzene rings is 1. The summed E-state index contributed by atoms with van der Waals surface area (Å²) >= 11 is 5.08. The third-order valence-corrected chi connectivity index (χ3v) is 4.01. The van der Waals surface area contributed by atoms with Gasteiger partial charge >= 0.3 is 0 Å². The standard InChI is InChI=1S/C14H15BrN2S/c1-10-7-13(5-3-11(10)8-16-2)18-14-6-4-12(15)9-17-14/h3-7,9,16H,8H2,1-2H3. The van der Waals surface area contributed by atoms with Crippen molar-refractivity contribution >= 4 is 27.7 Å². The van der Waals surface area contributed by atoms with E-state index in [2.05, 4.69) is 51.4 Å². The molecule has 0 fully saturated rings. The van der Waals surface area contributed by atoms with Crippen LogP contribution in [0.1, 0.15) is 11.1 Å².